The molecule has 4 heteroatoms. The highest BCUT2D eigenvalue weighted by atomic mass is 79.9. The van der Waals surface area contributed by atoms with E-state index >= 15 is 0 Å². The number of ether oxygens (including phenoxy) is 1. The zero-order chi connectivity index (χ0) is 13.7. The molecule has 0 radical (unpaired) electrons. The van der Waals surface area contributed by atoms with Crippen molar-refractivity contribution in [3.05, 3.63) is 52.5 Å². The molecule has 0 heterocycles. The first-order chi connectivity index (χ1) is 9.19. The average Bonchev–Trinajstić information content (AvgIpc) is 2.41. The van der Waals surface area contributed by atoms with Gasteiger partial charge in [-0.3, -0.25) is 0 Å². The summed E-state index contributed by atoms with van der Waals surface area (Å²) in [6.07, 6.45) is 0.923. The van der Waals surface area contributed by atoms with E-state index in [2.05, 4.69) is 27.3 Å². The molecule has 2 aromatic carbocycles. The fourth-order valence-corrected chi connectivity index (χ4v) is 2.24. The minimum atomic E-state index is 0.750. The van der Waals surface area contributed by atoms with Gasteiger partial charge in [0.2, 0.25) is 0 Å². The second-order valence-electron chi connectivity index (χ2n) is 4.26. The van der Waals surface area contributed by atoms with Crippen LogP contribution in [0.25, 0.3) is 0 Å². The summed E-state index contributed by atoms with van der Waals surface area (Å²) in [6, 6.07) is 13.9. The molecule has 100 valence electrons. The molecule has 2 rings (SSSR count). The monoisotopic (exact) mass is 320 g/mol. The van der Waals surface area contributed by atoms with Crippen molar-refractivity contribution in [2.24, 2.45) is 0 Å². The number of nitrogens with two attached hydrogens (primary N) is 1. The molecule has 0 saturated carbocycles. The van der Waals surface area contributed by atoms with Crippen LogP contribution >= 0.6 is 15.9 Å². The van der Waals surface area contributed by atoms with E-state index in [0.29, 0.717) is 0 Å². The molecule has 0 aliphatic heterocycles. The van der Waals surface area contributed by atoms with Crippen LogP contribution in [0.3, 0.4) is 0 Å². The van der Waals surface area contributed by atoms with E-state index < -0.39 is 0 Å². The topological polar surface area (TPSA) is 47.3 Å². The number of benzene rings is 2. The van der Waals surface area contributed by atoms with Gasteiger partial charge in [0.05, 0.1) is 18.5 Å². The lowest BCUT2D eigenvalue weighted by molar-refractivity contribution is 0.414. The maximum Gasteiger partial charge on any atom is 0.119 e. The fraction of sp³-hybridized carbons (Fsp3) is 0.200. The van der Waals surface area contributed by atoms with Gasteiger partial charge >= 0.3 is 0 Å². The molecule has 0 aromatic heterocycles. The Balaban J connectivity index is 1.92. The summed E-state index contributed by atoms with van der Waals surface area (Å²) < 4.78 is 6.20. The van der Waals surface area contributed by atoms with Gasteiger partial charge in [-0.05, 0) is 42.3 Å². The molecular weight excluding hydrogens is 304 g/mol. The molecule has 0 aliphatic carbocycles. The van der Waals surface area contributed by atoms with Gasteiger partial charge < -0.3 is 15.8 Å². The first-order valence-electron chi connectivity index (χ1n) is 6.11. The number of nitrogens with one attached hydrogen (secondary N) is 1. The zero-order valence-corrected chi connectivity index (χ0v) is 12.4. The molecule has 0 amide bonds. The minimum Gasteiger partial charge on any atom is -0.497 e. The van der Waals surface area contributed by atoms with Crippen molar-refractivity contribution >= 4 is 27.3 Å². The summed E-state index contributed by atoms with van der Waals surface area (Å²) in [7, 11) is 1.68. The third kappa shape index (κ3) is 3.89. The first-order valence-corrected chi connectivity index (χ1v) is 6.90. The smallest absolute Gasteiger partial charge is 0.119 e. The molecule has 0 atom stereocenters. The van der Waals surface area contributed by atoms with Crippen LogP contribution in [-0.2, 0) is 6.42 Å². The summed E-state index contributed by atoms with van der Waals surface area (Å²) in [5.74, 6) is 0.889. The Morgan fingerprint density at radius 2 is 2.05 bits per heavy atom. The lowest BCUT2D eigenvalue weighted by Crippen LogP contribution is -2.06. The van der Waals surface area contributed by atoms with Crippen LogP contribution in [0, 0.1) is 0 Å². The second-order valence-corrected chi connectivity index (χ2v) is 5.18. The van der Waals surface area contributed by atoms with Crippen molar-refractivity contribution in [3.8, 4) is 5.75 Å². The van der Waals surface area contributed by atoms with Crippen molar-refractivity contribution < 1.29 is 4.74 Å². The molecule has 0 fully saturated rings. The van der Waals surface area contributed by atoms with E-state index in [4.69, 9.17) is 10.5 Å². The Morgan fingerprint density at radius 1 is 1.21 bits per heavy atom. The number of hydrogen-bond acceptors (Lipinski definition) is 3. The van der Waals surface area contributed by atoms with E-state index in [9.17, 15) is 0 Å². The highest BCUT2D eigenvalue weighted by Gasteiger charge is 2.00. The molecule has 3 nitrogen and oxygen atoms in total. The van der Waals surface area contributed by atoms with E-state index in [1.54, 1.807) is 7.11 Å². The van der Waals surface area contributed by atoms with Crippen molar-refractivity contribution in [2.75, 3.05) is 24.7 Å². The molecule has 19 heavy (non-hydrogen) atoms. The second kappa shape index (κ2) is 6.48. The van der Waals surface area contributed by atoms with Crippen LogP contribution in [-0.4, -0.2) is 13.7 Å². The van der Waals surface area contributed by atoms with Gasteiger partial charge in [0.15, 0.2) is 0 Å². The molecule has 0 saturated heterocycles. The first kappa shape index (κ1) is 13.7. The van der Waals surface area contributed by atoms with E-state index in [-0.39, 0.29) is 0 Å². The van der Waals surface area contributed by atoms with E-state index in [0.717, 1.165) is 34.6 Å². The van der Waals surface area contributed by atoms with Crippen LogP contribution in [0.15, 0.2) is 46.9 Å². The van der Waals surface area contributed by atoms with Crippen molar-refractivity contribution in [1.29, 1.82) is 0 Å². The molecule has 0 bridgehead atoms. The summed E-state index contributed by atoms with van der Waals surface area (Å²) in [5.41, 5.74) is 8.89. The largest absolute Gasteiger partial charge is 0.497 e. The number of anilines is 2. The third-order valence-corrected chi connectivity index (χ3v) is 3.37. The predicted octanol–water partition coefficient (Wildman–Crippen LogP) is 3.69. The molecule has 0 aliphatic rings. The summed E-state index contributed by atoms with van der Waals surface area (Å²) >= 11 is 3.40. The van der Waals surface area contributed by atoms with Crippen LogP contribution in [0.2, 0.25) is 0 Å². The van der Waals surface area contributed by atoms with Crippen LogP contribution < -0.4 is 15.8 Å². The molecule has 2 aromatic rings. The molecular formula is C15H17BrN2O. The lowest BCUT2D eigenvalue weighted by Gasteiger charge is -2.10. The zero-order valence-electron chi connectivity index (χ0n) is 10.8. The van der Waals surface area contributed by atoms with Gasteiger partial charge in [-0.2, -0.15) is 0 Å². The summed E-state index contributed by atoms with van der Waals surface area (Å²) in [5, 5.41) is 3.34. The summed E-state index contributed by atoms with van der Waals surface area (Å²) in [4.78, 5) is 0. The lowest BCUT2D eigenvalue weighted by atomic mass is 10.1. The van der Waals surface area contributed by atoms with Crippen LogP contribution in [0.1, 0.15) is 5.56 Å². The SMILES string of the molecule is COc1cccc(CCNc2ccc(Br)cc2N)c1. The molecule has 0 spiro atoms. The Labute approximate surface area is 121 Å². The molecule has 3 N–H and O–H groups in total. The number of halogens is 1. The van der Waals surface area contributed by atoms with Gasteiger partial charge in [0.25, 0.3) is 0 Å². The van der Waals surface area contributed by atoms with E-state index in [1.807, 2.05) is 36.4 Å². The normalized spacial score (nSPS) is 10.2. The Bertz CT molecular complexity index is 558. The average molecular weight is 321 g/mol. The van der Waals surface area contributed by atoms with Gasteiger partial charge in [-0.15, -0.1) is 0 Å². The highest BCUT2D eigenvalue weighted by molar-refractivity contribution is 9.10. The summed E-state index contributed by atoms with van der Waals surface area (Å²) in [6.45, 7) is 0.832. The number of rotatable bonds is 5. The van der Waals surface area contributed by atoms with Gasteiger partial charge in [0.1, 0.15) is 5.75 Å². The van der Waals surface area contributed by atoms with Crippen LogP contribution in [0.4, 0.5) is 11.4 Å². The van der Waals surface area contributed by atoms with Gasteiger partial charge in [-0.1, -0.05) is 28.1 Å². The highest BCUT2D eigenvalue weighted by Crippen LogP contribution is 2.23. The number of methoxy groups -OCH3 is 1. The third-order valence-electron chi connectivity index (χ3n) is 2.88. The van der Waals surface area contributed by atoms with Crippen molar-refractivity contribution in [1.82, 2.24) is 0 Å². The van der Waals surface area contributed by atoms with E-state index in [1.165, 1.54) is 5.56 Å². The standard InChI is InChI=1S/C15H17BrN2O/c1-19-13-4-2-3-11(9-13)7-8-18-15-6-5-12(16)10-14(15)17/h2-6,9-10,18H,7-8,17H2,1H3. The molecule has 0 unspecified atom stereocenters. The number of hydrogen-bond donors (Lipinski definition) is 2. The van der Waals surface area contributed by atoms with Crippen molar-refractivity contribution in [2.45, 2.75) is 6.42 Å². The number of nitrogen functional groups attached to an aromatic ring is 1. The minimum absolute atomic E-state index is 0.750. The van der Waals surface area contributed by atoms with Gasteiger partial charge in [0, 0.05) is 11.0 Å². The predicted molar refractivity (Wildman–Crippen MR) is 83.7 cm³/mol. The Kier molecular flexibility index (Phi) is 4.68. The van der Waals surface area contributed by atoms with Gasteiger partial charge in [-0.25, -0.2) is 0 Å². The fourth-order valence-electron chi connectivity index (χ4n) is 1.86. The quantitative estimate of drug-likeness (QED) is 0.826. The van der Waals surface area contributed by atoms with Crippen molar-refractivity contribution in [3.63, 3.8) is 0 Å². The van der Waals surface area contributed by atoms with Crippen LogP contribution in [0.5, 0.6) is 5.75 Å². The maximum atomic E-state index is 5.93. The Morgan fingerprint density at radius 3 is 2.79 bits per heavy atom. The maximum absolute atomic E-state index is 5.93. The Hall–Kier alpha value is -1.68.